The van der Waals surface area contributed by atoms with Crippen LogP contribution >= 0.6 is 0 Å². The van der Waals surface area contributed by atoms with Gasteiger partial charge in [-0.3, -0.25) is 4.79 Å². The molecule has 0 aromatic heterocycles. The molecule has 13 heavy (non-hydrogen) atoms. The first-order valence-corrected chi connectivity index (χ1v) is 4.93. The van der Waals surface area contributed by atoms with E-state index < -0.39 is 21.7 Å². The average molecular weight is 204 g/mol. The van der Waals surface area contributed by atoms with E-state index in [1.165, 1.54) is 0 Å². The molecule has 0 aromatic rings. The summed E-state index contributed by atoms with van der Waals surface area (Å²) >= 11 is 0. The lowest BCUT2D eigenvalue weighted by Crippen LogP contribution is -2.17. The van der Waals surface area contributed by atoms with Crippen LogP contribution in [0.1, 0.15) is 0 Å². The van der Waals surface area contributed by atoms with Crippen LogP contribution in [-0.4, -0.2) is 27.8 Å². The summed E-state index contributed by atoms with van der Waals surface area (Å²) in [5.41, 5.74) is -0.423. The second-order valence-electron chi connectivity index (χ2n) is 2.02. The van der Waals surface area contributed by atoms with Crippen molar-refractivity contribution in [1.29, 1.82) is 0 Å². The van der Waals surface area contributed by atoms with Crippen molar-refractivity contribution in [2.45, 2.75) is 0 Å². The topological polar surface area (TPSA) is 76.8 Å². The van der Waals surface area contributed by atoms with E-state index in [1.807, 2.05) is 4.72 Å². The maximum atomic E-state index is 10.7. The van der Waals surface area contributed by atoms with Crippen molar-refractivity contribution in [3.8, 4) is 0 Å². The molecule has 0 heterocycles. The Labute approximate surface area is 76.1 Å². The Hall–Kier alpha value is -1.55. The van der Waals surface area contributed by atoms with Gasteiger partial charge in [0.25, 0.3) is 5.70 Å². The lowest BCUT2D eigenvalue weighted by Gasteiger charge is -1.97. The molecular weight excluding hydrogens is 196 g/mol. The van der Waals surface area contributed by atoms with Crippen LogP contribution in [0, 0.1) is 6.57 Å². The third-order valence-corrected chi connectivity index (χ3v) is 1.47. The zero-order chi connectivity index (χ0) is 10.5. The number of rotatable bonds is 3. The lowest BCUT2D eigenvalue weighted by molar-refractivity contribution is -0.135. The summed E-state index contributed by atoms with van der Waals surface area (Å²) in [5.74, 6) is -0.883. The Balaban J connectivity index is 4.63. The zero-order valence-corrected chi connectivity index (χ0v) is 7.88. The highest BCUT2D eigenvalue weighted by atomic mass is 32.2. The molecule has 0 spiro atoms. The average Bonchev–Trinajstić information content (AvgIpc) is 2.03. The molecule has 6 nitrogen and oxygen atoms in total. The van der Waals surface area contributed by atoms with E-state index >= 15 is 0 Å². The van der Waals surface area contributed by atoms with Gasteiger partial charge in [-0.15, -0.1) is 0 Å². The van der Waals surface area contributed by atoms with Gasteiger partial charge >= 0.3 is 5.97 Å². The minimum Gasteiger partial charge on any atom is -0.474 e. The van der Waals surface area contributed by atoms with Crippen molar-refractivity contribution in [3.05, 3.63) is 23.3 Å². The number of ether oxygens (including phenoxy) is 1. The number of sulfonamides is 1. The highest BCUT2D eigenvalue weighted by Gasteiger charge is 2.09. The molecule has 0 rings (SSSR count). The molecule has 0 saturated heterocycles. The Morgan fingerprint density at radius 3 is 2.46 bits per heavy atom. The zero-order valence-electron chi connectivity index (χ0n) is 7.07. The second-order valence-corrected chi connectivity index (χ2v) is 3.80. The molecule has 0 bridgehead atoms. The van der Waals surface area contributed by atoms with Crippen LogP contribution in [0.2, 0.25) is 0 Å². The summed E-state index contributed by atoms with van der Waals surface area (Å²) in [6.07, 6.45) is 1.69. The fraction of sp³-hybridized carbons (Fsp3) is 0.333. The van der Waals surface area contributed by atoms with Crippen LogP contribution in [0.5, 0.6) is 0 Å². The standard InChI is InChI=1S/C6H8N2O4S/c1-7-5(6(9)12-2)4-8-13(3,10)11/h4,8H,2-3H3/b5-4+. The molecule has 0 fully saturated rings. The summed E-state index contributed by atoms with van der Waals surface area (Å²) in [5, 5.41) is 0. The van der Waals surface area contributed by atoms with Gasteiger partial charge in [0, 0.05) is 6.20 Å². The van der Waals surface area contributed by atoms with Crippen molar-refractivity contribution in [1.82, 2.24) is 4.72 Å². The maximum Gasteiger partial charge on any atom is 0.337 e. The largest absolute Gasteiger partial charge is 0.474 e. The van der Waals surface area contributed by atoms with Gasteiger partial charge in [-0.1, -0.05) is 0 Å². The molecule has 0 aliphatic rings. The molecule has 0 saturated carbocycles. The molecule has 0 radical (unpaired) electrons. The SMILES string of the molecule is [C-]#[N+]/C(=C/NS(C)(=O)=O)C(=O)OC. The minimum absolute atomic E-state index is 0.423. The molecule has 0 aliphatic heterocycles. The Morgan fingerprint density at radius 2 is 2.15 bits per heavy atom. The first kappa shape index (κ1) is 11.4. The van der Waals surface area contributed by atoms with Crippen LogP contribution in [0.4, 0.5) is 0 Å². The Bertz CT molecular complexity index is 363. The third-order valence-electron chi connectivity index (χ3n) is 0.925. The smallest absolute Gasteiger partial charge is 0.337 e. The van der Waals surface area contributed by atoms with Gasteiger partial charge in [0.05, 0.1) is 19.9 Å². The summed E-state index contributed by atoms with van der Waals surface area (Å²) in [7, 11) is -2.35. The van der Waals surface area contributed by atoms with Crippen LogP contribution in [0.25, 0.3) is 4.85 Å². The molecule has 7 heteroatoms. The lowest BCUT2D eigenvalue weighted by atomic mass is 10.5. The van der Waals surface area contributed by atoms with Gasteiger partial charge in [-0.05, 0) is 0 Å². The summed E-state index contributed by atoms with van der Waals surface area (Å²) in [6.45, 7) is 6.52. The van der Waals surface area contributed by atoms with E-state index in [2.05, 4.69) is 9.58 Å². The van der Waals surface area contributed by atoms with Crippen molar-refractivity contribution in [2.75, 3.05) is 13.4 Å². The summed E-state index contributed by atoms with van der Waals surface area (Å²) in [6, 6.07) is 0. The number of nitrogens with zero attached hydrogens (tertiary/aromatic N) is 1. The van der Waals surface area contributed by atoms with Gasteiger partial charge in [0.2, 0.25) is 10.0 Å². The first-order valence-electron chi connectivity index (χ1n) is 3.04. The Kier molecular flexibility index (Phi) is 3.94. The van der Waals surface area contributed by atoms with Crippen LogP contribution < -0.4 is 4.72 Å². The molecule has 72 valence electrons. The van der Waals surface area contributed by atoms with Gasteiger partial charge < -0.3 is 9.46 Å². The summed E-state index contributed by atoms with van der Waals surface area (Å²) < 4.78 is 27.2. The van der Waals surface area contributed by atoms with Crippen LogP contribution in [0.15, 0.2) is 11.9 Å². The summed E-state index contributed by atoms with van der Waals surface area (Å²) in [4.78, 5) is 13.5. The number of methoxy groups -OCH3 is 1. The monoisotopic (exact) mass is 204 g/mol. The molecule has 1 N–H and O–H groups in total. The molecular formula is C6H8N2O4S. The third kappa shape index (κ3) is 4.81. The predicted octanol–water partition coefficient (Wildman–Crippen LogP) is -0.531. The fourth-order valence-corrected chi connectivity index (χ4v) is 0.730. The number of carbonyl (C=O) groups is 1. The number of hydrogen-bond acceptors (Lipinski definition) is 4. The molecule has 0 atom stereocenters. The van der Waals surface area contributed by atoms with E-state index in [4.69, 9.17) is 6.57 Å². The maximum absolute atomic E-state index is 10.7. The van der Waals surface area contributed by atoms with Crippen molar-refractivity contribution >= 4 is 16.0 Å². The minimum atomic E-state index is -3.45. The molecule has 0 aliphatic carbocycles. The van der Waals surface area contributed by atoms with Crippen molar-refractivity contribution in [3.63, 3.8) is 0 Å². The second kappa shape index (κ2) is 4.47. The molecule has 0 aromatic carbocycles. The van der Waals surface area contributed by atoms with Crippen LogP contribution in [-0.2, 0) is 19.6 Å². The van der Waals surface area contributed by atoms with Gasteiger partial charge in [0.1, 0.15) is 0 Å². The van der Waals surface area contributed by atoms with Crippen molar-refractivity contribution < 1.29 is 17.9 Å². The number of esters is 1. The quantitative estimate of drug-likeness (QED) is 0.381. The highest BCUT2D eigenvalue weighted by molar-refractivity contribution is 7.88. The highest BCUT2D eigenvalue weighted by Crippen LogP contribution is 1.97. The van der Waals surface area contributed by atoms with E-state index in [9.17, 15) is 13.2 Å². The molecule has 0 unspecified atom stereocenters. The van der Waals surface area contributed by atoms with Gasteiger partial charge in [-0.2, -0.15) is 0 Å². The normalized spacial score (nSPS) is 11.6. The number of hydrogen-bond donors (Lipinski definition) is 1. The van der Waals surface area contributed by atoms with Gasteiger partial charge in [0.15, 0.2) is 0 Å². The first-order chi connectivity index (χ1) is 5.90. The van der Waals surface area contributed by atoms with E-state index in [0.717, 1.165) is 19.6 Å². The van der Waals surface area contributed by atoms with Crippen molar-refractivity contribution in [2.24, 2.45) is 0 Å². The molecule has 0 amide bonds. The van der Waals surface area contributed by atoms with E-state index in [0.29, 0.717) is 0 Å². The predicted molar refractivity (Wildman–Crippen MR) is 44.7 cm³/mol. The number of nitrogens with one attached hydrogen (secondary N) is 1. The van der Waals surface area contributed by atoms with Crippen LogP contribution in [0.3, 0.4) is 0 Å². The van der Waals surface area contributed by atoms with E-state index in [1.54, 1.807) is 0 Å². The number of carbonyl (C=O) groups excluding carboxylic acids is 1. The van der Waals surface area contributed by atoms with Gasteiger partial charge in [-0.25, -0.2) is 13.3 Å². The van der Waals surface area contributed by atoms with E-state index in [-0.39, 0.29) is 0 Å². The Morgan fingerprint density at radius 1 is 1.62 bits per heavy atom. The fourth-order valence-electron chi connectivity index (χ4n) is 0.404.